The van der Waals surface area contributed by atoms with Crippen LogP contribution in [0.1, 0.15) is 28.8 Å². The Morgan fingerprint density at radius 2 is 1.57 bits per heavy atom. The molecule has 3 rings (SSSR count). The summed E-state index contributed by atoms with van der Waals surface area (Å²) in [4.78, 5) is 12.8. The summed E-state index contributed by atoms with van der Waals surface area (Å²) in [5.41, 5.74) is 0.914. The molecule has 0 atom stereocenters. The summed E-state index contributed by atoms with van der Waals surface area (Å²) in [7, 11) is 0.753. The van der Waals surface area contributed by atoms with Gasteiger partial charge in [-0.3, -0.25) is 4.79 Å². The fourth-order valence-electron chi connectivity index (χ4n) is 3.46. The van der Waals surface area contributed by atoms with E-state index in [1.165, 1.54) is 29.6 Å². The molecule has 0 aromatic heterocycles. The summed E-state index contributed by atoms with van der Waals surface area (Å²) in [6.07, 6.45) is 1.64. The molecule has 9 heteroatoms. The molecule has 162 valence electrons. The first-order valence-corrected chi connectivity index (χ1v) is 11.0. The highest BCUT2D eigenvalue weighted by atomic mass is 32.2. The Labute approximate surface area is 176 Å². The number of hydrogen-bond acceptors (Lipinski definition) is 6. The SMILES string of the molecule is COc1ccc(C(=O)NCc2c(OC)cccc2OC)cc1S(=O)(=O)N1CCCC1. The molecule has 1 N–H and O–H groups in total. The number of amides is 1. The summed E-state index contributed by atoms with van der Waals surface area (Å²) in [5.74, 6) is 0.969. The number of rotatable bonds is 8. The van der Waals surface area contributed by atoms with E-state index in [1.54, 1.807) is 32.4 Å². The predicted molar refractivity (Wildman–Crippen MR) is 112 cm³/mol. The summed E-state index contributed by atoms with van der Waals surface area (Å²) in [5, 5.41) is 2.80. The minimum absolute atomic E-state index is 0.00516. The van der Waals surface area contributed by atoms with Crippen LogP contribution in [0.3, 0.4) is 0 Å². The lowest BCUT2D eigenvalue weighted by molar-refractivity contribution is 0.0950. The van der Waals surface area contributed by atoms with E-state index in [0.717, 1.165) is 12.8 Å². The minimum Gasteiger partial charge on any atom is -0.496 e. The van der Waals surface area contributed by atoms with Crippen molar-refractivity contribution in [3.8, 4) is 17.2 Å². The van der Waals surface area contributed by atoms with Crippen LogP contribution in [0.15, 0.2) is 41.3 Å². The second-order valence-corrected chi connectivity index (χ2v) is 8.71. The van der Waals surface area contributed by atoms with Gasteiger partial charge in [0.25, 0.3) is 5.91 Å². The van der Waals surface area contributed by atoms with Crippen LogP contribution < -0.4 is 19.5 Å². The summed E-state index contributed by atoms with van der Waals surface area (Å²) in [6, 6.07) is 9.75. The maximum absolute atomic E-state index is 13.0. The Balaban J connectivity index is 1.86. The first-order chi connectivity index (χ1) is 14.4. The Morgan fingerprint density at radius 3 is 2.13 bits per heavy atom. The molecule has 2 aromatic rings. The minimum atomic E-state index is -3.74. The fraction of sp³-hybridized carbons (Fsp3) is 0.381. The molecule has 2 aromatic carbocycles. The van der Waals surface area contributed by atoms with Crippen LogP contribution in [-0.4, -0.2) is 53.0 Å². The van der Waals surface area contributed by atoms with Crippen molar-refractivity contribution >= 4 is 15.9 Å². The standard InChI is InChI=1S/C21H26N2O6S/c1-27-17-7-6-8-18(28-2)16(17)14-22-21(24)15-9-10-19(29-3)20(13-15)30(25,26)23-11-4-5-12-23/h6-10,13H,4-5,11-12,14H2,1-3H3,(H,22,24). The van der Waals surface area contributed by atoms with Crippen LogP contribution in [0.5, 0.6) is 17.2 Å². The second-order valence-electron chi connectivity index (χ2n) is 6.80. The van der Waals surface area contributed by atoms with Gasteiger partial charge in [0.2, 0.25) is 10.0 Å². The van der Waals surface area contributed by atoms with Gasteiger partial charge >= 0.3 is 0 Å². The van der Waals surface area contributed by atoms with Gasteiger partial charge in [0.05, 0.1) is 33.4 Å². The van der Waals surface area contributed by atoms with Crippen LogP contribution in [0.25, 0.3) is 0 Å². The zero-order valence-corrected chi connectivity index (χ0v) is 18.1. The van der Waals surface area contributed by atoms with E-state index in [2.05, 4.69) is 5.32 Å². The van der Waals surface area contributed by atoms with E-state index in [-0.39, 0.29) is 22.8 Å². The van der Waals surface area contributed by atoms with Gasteiger partial charge in [0.15, 0.2) is 0 Å². The highest BCUT2D eigenvalue weighted by molar-refractivity contribution is 7.89. The van der Waals surface area contributed by atoms with Crippen molar-refractivity contribution in [1.82, 2.24) is 9.62 Å². The molecular weight excluding hydrogens is 408 g/mol. The van der Waals surface area contributed by atoms with Crippen molar-refractivity contribution in [2.45, 2.75) is 24.3 Å². The number of benzene rings is 2. The van der Waals surface area contributed by atoms with Crippen molar-refractivity contribution in [3.05, 3.63) is 47.5 Å². The Bertz CT molecular complexity index is 994. The van der Waals surface area contributed by atoms with Crippen LogP contribution in [-0.2, 0) is 16.6 Å². The molecule has 0 spiro atoms. The van der Waals surface area contributed by atoms with Crippen LogP contribution in [0.2, 0.25) is 0 Å². The average molecular weight is 435 g/mol. The van der Waals surface area contributed by atoms with Gasteiger partial charge < -0.3 is 19.5 Å². The van der Waals surface area contributed by atoms with Gasteiger partial charge in [-0.1, -0.05) is 6.07 Å². The first-order valence-electron chi connectivity index (χ1n) is 9.58. The Morgan fingerprint density at radius 1 is 0.967 bits per heavy atom. The zero-order chi connectivity index (χ0) is 21.7. The van der Waals surface area contributed by atoms with Crippen molar-refractivity contribution in [3.63, 3.8) is 0 Å². The molecule has 30 heavy (non-hydrogen) atoms. The number of ether oxygens (including phenoxy) is 3. The number of carbonyl (C=O) groups excluding carboxylic acids is 1. The molecule has 0 radical (unpaired) electrons. The summed E-state index contributed by atoms with van der Waals surface area (Å²) in [6.45, 7) is 1.09. The highest BCUT2D eigenvalue weighted by Crippen LogP contribution is 2.31. The number of hydrogen-bond donors (Lipinski definition) is 1. The van der Waals surface area contributed by atoms with Gasteiger partial charge in [-0.2, -0.15) is 4.31 Å². The van der Waals surface area contributed by atoms with Crippen molar-refractivity contribution < 1.29 is 27.4 Å². The van der Waals surface area contributed by atoms with Gasteiger partial charge in [0.1, 0.15) is 22.1 Å². The molecule has 0 saturated carbocycles. The highest BCUT2D eigenvalue weighted by Gasteiger charge is 2.30. The van der Waals surface area contributed by atoms with E-state index in [9.17, 15) is 13.2 Å². The predicted octanol–water partition coefficient (Wildman–Crippen LogP) is 2.43. The smallest absolute Gasteiger partial charge is 0.251 e. The quantitative estimate of drug-likeness (QED) is 0.686. The molecule has 0 aliphatic carbocycles. The summed E-state index contributed by atoms with van der Waals surface area (Å²) >= 11 is 0. The van der Waals surface area contributed by atoms with E-state index in [0.29, 0.717) is 30.2 Å². The third-order valence-corrected chi connectivity index (χ3v) is 6.98. The van der Waals surface area contributed by atoms with Gasteiger partial charge in [-0.05, 0) is 43.2 Å². The summed E-state index contributed by atoms with van der Waals surface area (Å²) < 4.78 is 43.4. The number of carbonyl (C=O) groups is 1. The van der Waals surface area contributed by atoms with E-state index < -0.39 is 15.9 Å². The maximum Gasteiger partial charge on any atom is 0.251 e. The molecule has 1 aliphatic rings. The number of methoxy groups -OCH3 is 3. The van der Waals surface area contributed by atoms with Crippen molar-refractivity contribution in [1.29, 1.82) is 0 Å². The van der Waals surface area contributed by atoms with Crippen LogP contribution >= 0.6 is 0 Å². The molecule has 1 aliphatic heterocycles. The molecule has 0 bridgehead atoms. The topological polar surface area (TPSA) is 94.2 Å². The largest absolute Gasteiger partial charge is 0.496 e. The van der Waals surface area contributed by atoms with E-state index in [4.69, 9.17) is 14.2 Å². The number of nitrogens with one attached hydrogen (secondary N) is 1. The lowest BCUT2D eigenvalue weighted by Gasteiger charge is -2.18. The zero-order valence-electron chi connectivity index (χ0n) is 17.3. The second kappa shape index (κ2) is 9.36. The first kappa shape index (κ1) is 21.9. The van der Waals surface area contributed by atoms with Crippen LogP contribution in [0.4, 0.5) is 0 Å². The van der Waals surface area contributed by atoms with Gasteiger partial charge in [-0.25, -0.2) is 8.42 Å². The molecule has 1 heterocycles. The molecule has 1 fully saturated rings. The third kappa shape index (κ3) is 4.36. The third-order valence-electron chi connectivity index (χ3n) is 5.06. The van der Waals surface area contributed by atoms with Crippen LogP contribution in [0, 0.1) is 0 Å². The lowest BCUT2D eigenvalue weighted by Crippen LogP contribution is -2.29. The van der Waals surface area contributed by atoms with Crippen molar-refractivity contribution in [2.24, 2.45) is 0 Å². The van der Waals surface area contributed by atoms with E-state index >= 15 is 0 Å². The fourth-order valence-corrected chi connectivity index (χ4v) is 5.16. The Hall–Kier alpha value is -2.78. The normalized spacial score (nSPS) is 14.4. The number of nitrogens with zero attached hydrogens (tertiary/aromatic N) is 1. The lowest BCUT2D eigenvalue weighted by atomic mass is 10.1. The van der Waals surface area contributed by atoms with Gasteiger partial charge in [-0.15, -0.1) is 0 Å². The molecular formula is C21H26N2O6S. The molecule has 8 nitrogen and oxygen atoms in total. The van der Waals surface area contributed by atoms with E-state index in [1.807, 2.05) is 0 Å². The Kier molecular flexibility index (Phi) is 6.84. The van der Waals surface area contributed by atoms with Gasteiger partial charge in [0, 0.05) is 18.7 Å². The molecule has 1 saturated heterocycles. The molecule has 1 amide bonds. The molecule has 0 unspecified atom stereocenters. The number of sulfonamides is 1. The maximum atomic E-state index is 13.0. The average Bonchev–Trinajstić information content (AvgIpc) is 3.32. The monoisotopic (exact) mass is 434 g/mol. The van der Waals surface area contributed by atoms with Crippen molar-refractivity contribution in [2.75, 3.05) is 34.4 Å².